The summed E-state index contributed by atoms with van der Waals surface area (Å²) in [6.45, 7) is 7.11. The number of anilines is 1. The third-order valence-electron chi connectivity index (χ3n) is 5.92. The summed E-state index contributed by atoms with van der Waals surface area (Å²) in [7, 11) is 0. The van der Waals surface area contributed by atoms with Crippen LogP contribution in [0, 0.1) is 19.8 Å². The van der Waals surface area contributed by atoms with Crippen molar-refractivity contribution >= 4 is 29.0 Å². The highest BCUT2D eigenvalue weighted by Crippen LogP contribution is 2.30. The van der Waals surface area contributed by atoms with Gasteiger partial charge in [-0.3, -0.25) is 9.59 Å². The van der Waals surface area contributed by atoms with Crippen molar-refractivity contribution in [2.75, 3.05) is 18.4 Å². The second-order valence-electron chi connectivity index (χ2n) is 8.26. The minimum atomic E-state index is -0.114. The number of carbonyl (C=O) groups excluding carboxylic acids is 2. The van der Waals surface area contributed by atoms with Crippen LogP contribution < -0.4 is 5.32 Å². The predicted molar refractivity (Wildman–Crippen MR) is 128 cm³/mol. The van der Waals surface area contributed by atoms with Crippen molar-refractivity contribution < 1.29 is 9.59 Å². The van der Waals surface area contributed by atoms with Crippen molar-refractivity contribution in [3.8, 4) is 10.6 Å². The predicted octanol–water partition coefficient (Wildman–Crippen LogP) is 4.88. The molecule has 0 atom stereocenters. The fourth-order valence-corrected chi connectivity index (χ4v) is 4.90. The van der Waals surface area contributed by atoms with Crippen LogP contribution in [0.5, 0.6) is 0 Å². The number of benzene rings is 1. The van der Waals surface area contributed by atoms with Crippen molar-refractivity contribution in [3.05, 3.63) is 64.3 Å². The van der Waals surface area contributed by atoms with Gasteiger partial charge in [-0.1, -0.05) is 37.3 Å². The Bertz CT molecular complexity index is 1100. The summed E-state index contributed by atoms with van der Waals surface area (Å²) in [5.74, 6) is 0.437. The van der Waals surface area contributed by atoms with Crippen LogP contribution in [0.2, 0.25) is 0 Å². The molecule has 0 aliphatic carbocycles. The molecule has 1 aliphatic heterocycles. The van der Waals surface area contributed by atoms with E-state index in [4.69, 9.17) is 0 Å². The first-order valence-corrected chi connectivity index (χ1v) is 11.9. The van der Waals surface area contributed by atoms with E-state index in [9.17, 15) is 9.59 Å². The van der Waals surface area contributed by atoms with E-state index in [2.05, 4.69) is 46.5 Å². The summed E-state index contributed by atoms with van der Waals surface area (Å²) < 4.78 is 0. The Morgan fingerprint density at radius 1 is 1.09 bits per heavy atom. The van der Waals surface area contributed by atoms with Crippen molar-refractivity contribution in [1.82, 2.24) is 14.9 Å². The van der Waals surface area contributed by atoms with Crippen LogP contribution in [0.4, 0.5) is 5.82 Å². The number of likely N-dealkylation sites (tertiary alicyclic amines) is 1. The number of carbonyl (C=O) groups is 2. The molecular formula is C25H28N4O2S. The van der Waals surface area contributed by atoms with Crippen LogP contribution >= 0.6 is 11.3 Å². The van der Waals surface area contributed by atoms with Gasteiger partial charge in [0.25, 0.3) is 5.91 Å². The van der Waals surface area contributed by atoms with Gasteiger partial charge in [0.15, 0.2) is 0 Å². The van der Waals surface area contributed by atoms with Crippen molar-refractivity contribution in [3.63, 3.8) is 0 Å². The average Bonchev–Trinajstić information content (AvgIpc) is 3.21. The second kappa shape index (κ2) is 9.61. The molecule has 1 aromatic carbocycles. The molecule has 0 spiro atoms. The van der Waals surface area contributed by atoms with Gasteiger partial charge in [0, 0.05) is 30.8 Å². The molecule has 2 amide bonds. The van der Waals surface area contributed by atoms with E-state index >= 15 is 0 Å². The van der Waals surface area contributed by atoms with Gasteiger partial charge in [-0.2, -0.15) is 0 Å². The van der Waals surface area contributed by atoms with Gasteiger partial charge in [0.05, 0.1) is 5.69 Å². The summed E-state index contributed by atoms with van der Waals surface area (Å²) >= 11 is 1.45. The number of piperidine rings is 1. The molecule has 1 N–H and O–H groups in total. The zero-order valence-electron chi connectivity index (χ0n) is 18.7. The largest absolute Gasteiger partial charge is 0.338 e. The molecule has 0 unspecified atom stereocenters. The first kappa shape index (κ1) is 22.1. The van der Waals surface area contributed by atoms with E-state index in [-0.39, 0.29) is 17.7 Å². The number of aromatic nitrogens is 2. The average molecular weight is 449 g/mol. The molecule has 1 fully saturated rings. The van der Waals surface area contributed by atoms with E-state index in [0.29, 0.717) is 36.6 Å². The number of pyridine rings is 1. The number of hydrogen-bond donors (Lipinski definition) is 1. The molecular weight excluding hydrogens is 420 g/mol. The van der Waals surface area contributed by atoms with E-state index in [1.54, 1.807) is 6.20 Å². The Morgan fingerprint density at radius 2 is 1.81 bits per heavy atom. The maximum absolute atomic E-state index is 13.2. The van der Waals surface area contributed by atoms with Crippen LogP contribution in [0.3, 0.4) is 0 Å². The highest BCUT2D eigenvalue weighted by molar-refractivity contribution is 7.17. The molecule has 1 saturated heterocycles. The van der Waals surface area contributed by atoms with Crippen molar-refractivity contribution in [1.29, 1.82) is 0 Å². The standard InChI is InChI=1S/C25H28N4O2S/c1-4-18-6-8-20(9-7-18)24-27-17(3)22(32-24)25(31)29-13-11-19(12-14-29)23(30)28-21-10-5-16(2)15-26-21/h5-10,15,19H,4,11-14H2,1-3H3,(H,26,28,30). The lowest BCUT2D eigenvalue weighted by molar-refractivity contribution is -0.121. The van der Waals surface area contributed by atoms with Crippen LogP contribution in [0.15, 0.2) is 42.6 Å². The smallest absolute Gasteiger partial charge is 0.265 e. The van der Waals surface area contributed by atoms with Crippen molar-refractivity contribution in [2.45, 2.75) is 40.0 Å². The van der Waals surface area contributed by atoms with E-state index in [1.807, 2.05) is 30.9 Å². The summed E-state index contributed by atoms with van der Waals surface area (Å²) in [5.41, 5.74) is 4.13. The maximum Gasteiger partial charge on any atom is 0.265 e. The summed E-state index contributed by atoms with van der Waals surface area (Å²) in [6.07, 6.45) is 4.02. The molecule has 7 heteroatoms. The van der Waals surface area contributed by atoms with Gasteiger partial charge in [0.1, 0.15) is 15.7 Å². The number of thiazole rings is 1. The summed E-state index contributed by atoms with van der Waals surface area (Å²) in [6, 6.07) is 12.1. The Morgan fingerprint density at radius 3 is 2.44 bits per heavy atom. The Balaban J connectivity index is 1.37. The van der Waals surface area contributed by atoms with Gasteiger partial charge in [-0.15, -0.1) is 11.3 Å². The second-order valence-corrected chi connectivity index (χ2v) is 9.26. The third-order valence-corrected chi connectivity index (χ3v) is 7.11. The molecule has 2 aromatic heterocycles. The Hall–Kier alpha value is -3.06. The number of rotatable bonds is 5. The number of amides is 2. The van der Waals surface area contributed by atoms with E-state index in [1.165, 1.54) is 16.9 Å². The maximum atomic E-state index is 13.2. The number of nitrogens with zero attached hydrogens (tertiary/aromatic N) is 3. The fourth-order valence-electron chi connectivity index (χ4n) is 3.86. The van der Waals surface area contributed by atoms with Crippen molar-refractivity contribution in [2.24, 2.45) is 5.92 Å². The molecule has 166 valence electrons. The number of aryl methyl sites for hydroxylation is 3. The molecule has 3 heterocycles. The molecule has 3 aromatic rings. The SMILES string of the molecule is CCc1ccc(-c2nc(C)c(C(=O)N3CCC(C(=O)Nc4ccc(C)cn4)CC3)s2)cc1. The highest BCUT2D eigenvalue weighted by atomic mass is 32.1. The third kappa shape index (κ3) is 4.88. The normalized spacial score (nSPS) is 14.4. The van der Waals surface area contributed by atoms with Gasteiger partial charge in [-0.05, 0) is 50.3 Å². The van der Waals surface area contributed by atoms with Gasteiger partial charge >= 0.3 is 0 Å². The first-order chi connectivity index (χ1) is 15.4. The zero-order chi connectivity index (χ0) is 22.7. The van der Waals surface area contributed by atoms with Crippen LogP contribution in [-0.4, -0.2) is 39.8 Å². The van der Waals surface area contributed by atoms with Gasteiger partial charge < -0.3 is 10.2 Å². The van der Waals surface area contributed by atoms with Crippen LogP contribution in [0.25, 0.3) is 10.6 Å². The highest BCUT2D eigenvalue weighted by Gasteiger charge is 2.29. The lowest BCUT2D eigenvalue weighted by Gasteiger charge is -2.31. The molecule has 32 heavy (non-hydrogen) atoms. The topological polar surface area (TPSA) is 75.2 Å². The van der Waals surface area contributed by atoms with E-state index in [0.717, 1.165) is 28.2 Å². The summed E-state index contributed by atoms with van der Waals surface area (Å²) in [4.78, 5) is 37.2. The Labute approximate surface area is 192 Å². The molecule has 0 saturated carbocycles. The summed E-state index contributed by atoms with van der Waals surface area (Å²) in [5, 5.41) is 3.76. The van der Waals surface area contributed by atoms with Crippen LogP contribution in [0.1, 0.15) is 46.3 Å². The lowest BCUT2D eigenvalue weighted by Crippen LogP contribution is -2.41. The van der Waals surface area contributed by atoms with Gasteiger partial charge in [-0.25, -0.2) is 9.97 Å². The molecule has 0 radical (unpaired) electrons. The molecule has 6 nitrogen and oxygen atoms in total. The Kier molecular flexibility index (Phi) is 6.65. The number of hydrogen-bond acceptors (Lipinski definition) is 5. The zero-order valence-corrected chi connectivity index (χ0v) is 19.5. The quantitative estimate of drug-likeness (QED) is 0.604. The minimum Gasteiger partial charge on any atom is -0.338 e. The molecule has 4 rings (SSSR count). The fraction of sp³-hybridized carbons (Fsp3) is 0.360. The first-order valence-electron chi connectivity index (χ1n) is 11.0. The monoisotopic (exact) mass is 448 g/mol. The van der Waals surface area contributed by atoms with Crippen LogP contribution in [-0.2, 0) is 11.2 Å². The minimum absolute atomic E-state index is 0.00971. The number of nitrogens with one attached hydrogen (secondary N) is 1. The molecule has 0 bridgehead atoms. The van der Waals surface area contributed by atoms with Gasteiger partial charge in [0.2, 0.25) is 5.91 Å². The van der Waals surface area contributed by atoms with E-state index < -0.39 is 0 Å². The lowest BCUT2D eigenvalue weighted by atomic mass is 9.95. The molecule has 1 aliphatic rings.